The summed E-state index contributed by atoms with van der Waals surface area (Å²) in [6.45, 7) is 0.654. The Bertz CT molecular complexity index is 841. The average molecular weight is 471 g/mol. The van der Waals surface area contributed by atoms with Crippen molar-refractivity contribution in [1.29, 1.82) is 0 Å². The molecule has 2 aromatic rings. The average Bonchev–Trinajstić information content (AvgIpc) is 3.00. The van der Waals surface area contributed by atoms with E-state index in [9.17, 15) is 9.59 Å². The van der Waals surface area contributed by atoms with Gasteiger partial charge in [-0.25, -0.2) is 0 Å². The third kappa shape index (κ3) is 3.90. The lowest BCUT2D eigenvalue weighted by Crippen LogP contribution is -2.24. The fourth-order valence-electron chi connectivity index (χ4n) is 2.75. The molecule has 0 bridgehead atoms. The number of carbonyl (C=O) groups excluding carboxylic acids is 2. The Hall–Kier alpha value is -1.80. The van der Waals surface area contributed by atoms with Gasteiger partial charge in [-0.2, -0.15) is 0 Å². The molecule has 25 heavy (non-hydrogen) atoms. The van der Waals surface area contributed by atoms with Gasteiger partial charge in [-0.1, -0.05) is 11.6 Å². The molecule has 1 heterocycles. The second-order valence-electron chi connectivity index (χ2n) is 5.61. The molecule has 1 aliphatic heterocycles. The van der Waals surface area contributed by atoms with E-state index in [-0.39, 0.29) is 11.8 Å². The number of ether oxygens (including phenoxy) is 1. The lowest BCUT2D eigenvalue weighted by atomic mass is 10.2. The summed E-state index contributed by atoms with van der Waals surface area (Å²) >= 11 is 8.01. The van der Waals surface area contributed by atoms with Crippen LogP contribution in [0.5, 0.6) is 5.75 Å². The quantitative estimate of drug-likeness (QED) is 0.677. The molecule has 0 radical (unpaired) electrons. The highest BCUT2D eigenvalue weighted by molar-refractivity contribution is 14.1. The Morgan fingerprint density at radius 1 is 1.28 bits per heavy atom. The van der Waals surface area contributed by atoms with Crippen LogP contribution in [0, 0.1) is 3.57 Å². The topological polar surface area (TPSA) is 58.6 Å². The minimum Gasteiger partial charge on any atom is -0.495 e. The Morgan fingerprint density at radius 2 is 2.08 bits per heavy atom. The molecule has 0 spiro atoms. The molecule has 1 fully saturated rings. The molecule has 1 aliphatic rings. The van der Waals surface area contributed by atoms with E-state index >= 15 is 0 Å². The van der Waals surface area contributed by atoms with E-state index in [4.69, 9.17) is 16.3 Å². The molecular weight excluding hydrogens is 455 g/mol. The fraction of sp³-hybridized carbons (Fsp3) is 0.222. The molecule has 0 aromatic heterocycles. The number of hydrogen-bond donors (Lipinski definition) is 1. The zero-order valence-corrected chi connectivity index (χ0v) is 16.4. The zero-order valence-electron chi connectivity index (χ0n) is 13.5. The predicted molar refractivity (Wildman–Crippen MR) is 107 cm³/mol. The number of amides is 2. The van der Waals surface area contributed by atoms with Gasteiger partial charge in [0.1, 0.15) is 5.75 Å². The monoisotopic (exact) mass is 470 g/mol. The maximum absolute atomic E-state index is 12.5. The molecule has 5 nitrogen and oxygen atoms in total. The van der Waals surface area contributed by atoms with Gasteiger partial charge in [-0.05, 0) is 65.4 Å². The highest BCUT2D eigenvalue weighted by Crippen LogP contribution is 2.34. The number of carbonyl (C=O) groups is 2. The van der Waals surface area contributed by atoms with Gasteiger partial charge in [0, 0.05) is 27.2 Å². The lowest BCUT2D eigenvalue weighted by molar-refractivity contribution is -0.117. The Balaban J connectivity index is 1.87. The molecule has 1 N–H and O–H groups in total. The van der Waals surface area contributed by atoms with E-state index in [1.165, 1.54) is 0 Å². The van der Waals surface area contributed by atoms with Crippen molar-refractivity contribution in [2.24, 2.45) is 0 Å². The molecule has 130 valence electrons. The lowest BCUT2D eigenvalue weighted by Gasteiger charge is -2.20. The van der Waals surface area contributed by atoms with Crippen LogP contribution in [0.4, 0.5) is 11.4 Å². The van der Waals surface area contributed by atoms with Crippen LogP contribution < -0.4 is 15.0 Å². The van der Waals surface area contributed by atoms with Gasteiger partial charge in [-0.3, -0.25) is 9.59 Å². The van der Waals surface area contributed by atoms with Crippen molar-refractivity contribution in [3.8, 4) is 5.75 Å². The summed E-state index contributed by atoms with van der Waals surface area (Å²) in [5.74, 6) is 0.438. The van der Waals surface area contributed by atoms with Gasteiger partial charge in [-0.15, -0.1) is 0 Å². The fourth-order valence-corrected chi connectivity index (χ4v) is 3.87. The van der Waals surface area contributed by atoms with Crippen LogP contribution in [0.25, 0.3) is 0 Å². The smallest absolute Gasteiger partial charge is 0.256 e. The summed E-state index contributed by atoms with van der Waals surface area (Å²) in [6, 6.07) is 10.4. The van der Waals surface area contributed by atoms with E-state index in [1.807, 2.05) is 0 Å². The molecule has 3 rings (SSSR count). The van der Waals surface area contributed by atoms with Crippen LogP contribution in [-0.4, -0.2) is 25.5 Å². The van der Waals surface area contributed by atoms with Crippen LogP contribution in [-0.2, 0) is 4.79 Å². The summed E-state index contributed by atoms with van der Waals surface area (Å²) < 4.78 is 6.13. The summed E-state index contributed by atoms with van der Waals surface area (Å²) in [5.41, 5.74) is 1.82. The first-order chi connectivity index (χ1) is 12.0. The van der Waals surface area contributed by atoms with Crippen molar-refractivity contribution in [3.05, 3.63) is 50.6 Å². The number of methoxy groups -OCH3 is 1. The summed E-state index contributed by atoms with van der Waals surface area (Å²) in [7, 11) is 1.56. The number of rotatable bonds is 4. The number of hydrogen-bond acceptors (Lipinski definition) is 3. The van der Waals surface area contributed by atoms with Gasteiger partial charge >= 0.3 is 0 Å². The summed E-state index contributed by atoms with van der Waals surface area (Å²) in [4.78, 5) is 26.3. The maximum atomic E-state index is 12.5. The molecule has 0 unspecified atom stereocenters. The number of halogens is 2. The standard InChI is InChI=1S/C18H16ClIN2O3/c1-25-16-7-5-12(10-15(16)22-8-2-3-17(22)23)21-18(24)13-6-4-11(19)9-14(13)20/h4-7,9-10H,2-3,8H2,1H3,(H,21,24). The molecule has 0 atom stereocenters. The van der Waals surface area contributed by atoms with E-state index in [0.717, 1.165) is 9.99 Å². The third-order valence-corrected chi connectivity index (χ3v) is 5.10. The van der Waals surface area contributed by atoms with E-state index in [0.29, 0.717) is 40.7 Å². The number of benzene rings is 2. The molecule has 0 saturated carbocycles. The second kappa shape index (κ2) is 7.61. The summed E-state index contributed by atoms with van der Waals surface area (Å²) in [5, 5.41) is 3.45. The van der Waals surface area contributed by atoms with E-state index in [1.54, 1.807) is 48.4 Å². The van der Waals surface area contributed by atoms with E-state index in [2.05, 4.69) is 27.9 Å². The Kier molecular flexibility index (Phi) is 5.48. The first-order valence-electron chi connectivity index (χ1n) is 7.74. The number of nitrogens with one attached hydrogen (secondary N) is 1. The predicted octanol–water partition coefficient (Wildman–Crippen LogP) is 4.33. The molecule has 0 aliphatic carbocycles. The van der Waals surface area contributed by atoms with Crippen molar-refractivity contribution in [2.45, 2.75) is 12.8 Å². The Labute approximate surface area is 164 Å². The normalized spacial score (nSPS) is 13.9. The van der Waals surface area contributed by atoms with Crippen LogP contribution in [0.15, 0.2) is 36.4 Å². The molecule has 2 aromatic carbocycles. The summed E-state index contributed by atoms with van der Waals surface area (Å²) in [6.07, 6.45) is 1.35. The molecular formula is C18H16ClIN2O3. The second-order valence-corrected chi connectivity index (χ2v) is 7.21. The minimum atomic E-state index is -0.232. The highest BCUT2D eigenvalue weighted by atomic mass is 127. The SMILES string of the molecule is COc1ccc(NC(=O)c2ccc(Cl)cc2I)cc1N1CCCC1=O. The van der Waals surface area contributed by atoms with Gasteiger partial charge in [0.15, 0.2) is 0 Å². The van der Waals surface area contributed by atoms with Crippen molar-refractivity contribution >= 4 is 57.4 Å². The third-order valence-electron chi connectivity index (χ3n) is 3.98. The van der Waals surface area contributed by atoms with Crippen molar-refractivity contribution in [2.75, 3.05) is 23.9 Å². The minimum absolute atomic E-state index is 0.0639. The van der Waals surface area contributed by atoms with Crippen LogP contribution in [0.2, 0.25) is 5.02 Å². The van der Waals surface area contributed by atoms with Gasteiger partial charge in [0.05, 0.1) is 18.4 Å². The highest BCUT2D eigenvalue weighted by Gasteiger charge is 2.25. The molecule has 2 amide bonds. The van der Waals surface area contributed by atoms with E-state index < -0.39 is 0 Å². The molecule has 7 heteroatoms. The van der Waals surface area contributed by atoms with Gasteiger partial charge < -0.3 is 15.0 Å². The van der Waals surface area contributed by atoms with Gasteiger partial charge in [0.2, 0.25) is 5.91 Å². The largest absolute Gasteiger partial charge is 0.495 e. The van der Waals surface area contributed by atoms with Crippen molar-refractivity contribution in [1.82, 2.24) is 0 Å². The Morgan fingerprint density at radius 3 is 2.72 bits per heavy atom. The van der Waals surface area contributed by atoms with Crippen LogP contribution in [0.1, 0.15) is 23.2 Å². The van der Waals surface area contributed by atoms with Crippen LogP contribution >= 0.6 is 34.2 Å². The van der Waals surface area contributed by atoms with Crippen molar-refractivity contribution < 1.29 is 14.3 Å². The van der Waals surface area contributed by atoms with Gasteiger partial charge in [0.25, 0.3) is 5.91 Å². The zero-order chi connectivity index (χ0) is 18.0. The number of anilines is 2. The van der Waals surface area contributed by atoms with Crippen molar-refractivity contribution in [3.63, 3.8) is 0 Å². The first-order valence-corrected chi connectivity index (χ1v) is 9.20. The first kappa shape index (κ1) is 18.0. The van der Waals surface area contributed by atoms with Crippen LogP contribution in [0.3, 0.4) is 0 Å². The maximum Gasteiger partial charge on any atom is 0.256 e. The molecule has 1 saturated heterocycles. The number of nitrogens with zero attached hydrogens (tertiary/aromatic N) is 1.